The third-order valence-corrected chi connectivity index (χ3v) is 3.30. The third kappa shape index (κ3) is 3.58. The van der Waals surface area contributed by atoms with Gasteiger partial charge in [-0.05, 0) is 41.1 Å². The summed E-state index contributed by atoms with van der Waals surface area (Å²) in [4.78, 5) is 8.07. The minimum Gasteiger partial charge on any atom is -0.494 e. The fourth-order valence-corrected chi connectivity index (χ4v) is 2.13. The first kappa shape index (κ1) is 14.1. The first-order valence-electron chi connectivity index (χ1n) is 5.78. The SMILES string of the molecule is CCOc1ccc(Nc2ncncc2Br)cc1CCl. The molecule has 2 rings (SSSR count). The van der Waals surface area contributed by atoms with Gasteiger partial charge in [0.25, 0.3) is 0 Å². The number of hydrogen-bond donors (Lipinski definition) is 1. The van der Waals surface area contributed by atoms with Crippen molar-refractivity contribution in [2.24, 2.45) is 0 Å². The summed E-state index contributed by atoms with van der Waals surface area (Å²) in [7, 11) is 0. The molecule has 0 unspecified atom stereocenters. The Bertz CT molecular complexity index is 565. The summed E-state index contributed by atoms with van der Waals surface area (Å²) in [6.07, 6.45) is 3.18. The molecule has 0 saturated heterocycles. The predicted molar refractivity (Wildman–Crippen MR) is 80.2 cm³/mol. The molecule has 0 fully saturated rings. The zero-order chi connectivity index (χ0) is 13.7. The average molecular weight is 343 g/mol. The zero-order valence-electron chi connectivity index (χ0n) is 10.4. The van der Waals surface area contributed by atoms with Gasteiger partial charge >= 0.3 is 0 Å². The van der Waals surface area contributed by atoms with E-state index in [1.807, 2.05) is 25.1 Å². The molecule has 0 aliphatic heterocycles. The number of hydrogen-bond acceptors (Lipinski definition) is 4. The van der Waals surface area contributed by atoms with E-state index in [2.05, 4.69) is 31.2 Å². The van der Waals surface area contributed by atoms with Crippen LogP contribution in [0.4, 0.5) is 11.5 Å². The second-order valence-electron chi connectivity index (χ2n) is 3.73. The third-order valence-electron chi connectivity index (χ3n) is 2.43. The molecule has 0 atom stereocenters. The van der Waals surface area contributed by atoms with Gasteiger partial charge in [-0.15, -0.1) is 11.6 Å². The lowest BCUT2D eigenvalue weighted by Gasteiger charge is -2.12. The molecule has 0 amide bonds. The molecule has 100 valence electrons. The van der Waals surface area contributed by atoms with Crippen molar-refractivity contribution < 1.29 is 4.74 Å². The van der Waals surface area contributed by atoms with Crippen LogP contribution in [-0.2, 0) is 5.88 Å². The van der Waals surface area contributed by atoms with E-state index in [0.29, 0.717) is 18.3 Å². The molecule has 0 aliphatic carbocycles. The molecule has 0 radical (unpaired) electrons. The van der Waals surface area contributed by atoms with Gasteiger partial charge in [-0.1, -0.05) is 0 Å². The van der Waals surface area contributed by atoms with Crippen LogP contribution in [0.15, 0.2) is 35.2 Å². The van der Waals surface area contributed by atoms with Crippen molar-refractivity contribution in [3.05, 3.63) is 40.8 Å². The van der Waals surface area contributed by atoms with Gasteiger partial charge in [0, 0.05) is 17.4 Å². The predicted octanol–water partition coefficient (Wildman–Crippen LogP) is 4.12. The first-order chi connectivity index (χ1) is 9.24. The van der Waals surface area contributed by atoms with Gasteiger partial charge in [0.05, 0.1) is 17.0 Å². The number of ether oxygens (including phenoxy) is 1. The number of benzene rings is 1. The smallest absolute Gasteiger partial charge is 0.148 e. The van der Waals surface area contributed by atoms with Crippen LogP contribution in [0.25, 0.3) is 0 Å². The van der Waals surface area contributed by atoms with E-state index >= 15 is 0 Å². The summed E-state index contributed by atoms with van der Waals surface area (Å²) in [5.41, 5.74) is 1.84. The molecule has 2 aromatic rings. The second-order valence-corrected chi connectivity index (χ2v) is 4.86. The number of halogens is 2. The number of aromatic nitrogens is 2. The Morgan fingerprint density at radius 3 is 2.95 bits per heavy atom. The van der Waals surface area contributed by atoms with E-state index in [0.717, 1.165) is 21.5 Å². The highest BCUT2D eigenvalue weighted by Crippen LogP contribution is 2.28. The van der Waals surface area contributed by atoms with Crippen LogP contribution in [0, 0.1) is 0 Å². The van der Waals surface area contributed by atoms with E-state index in [-0.39, 0.29) is 0 Å². The summed E-state index contributed by atoms with van der Waals surface area (Å²) in [6.45, 7) is 2.57. The molecule has 0 spiro atoms. The van der Waals surface area contributed by atoms with Crippen LogP contribution in [0.2, 0.25) is 0 Å². The summed E-state index contributed by atoms with van der Waals surface area (Å²) >= 11 is 9.32. The van der Waals surface area contributed by atoms with Crippen molar-refractivity contribution in [1.82, 2.24) is 9.97 Å². The van der Waals surface area contributed by atoms with Crippen molar-refractivity contribution in [3.8, 4) is 5.75 Å². The van der Waals surface area contributed by atoms with Crippen LogP contribution >= 0.6 is 27.5 Å². The van der Waals surface area contributed by atoms with Crippen LogP contribution in [0.3, 0.4) is 0 Å². The Balaban J connectivity index is 2.24. The highest BCUT2D eigenvalue weighted by molar-refractivity contribution is 9.10. The Labute approximate surface area is 125 Å². The number of alkyl halides is 1. The van der Waals surface area contributed by atoms with Crippen molar-refractivity contribution in [3.63, 3.8) is 0 Å². The topological polar surface area (TPSA) is 47.0 Å². The van der Waals surface area contributed by atoms with Crippen LogP contribution < -0.4 is 10.1 Å². The molecule has 0 saturated carbocycles. The maximum Gasteiger partial charge on any atom is 0.148 e. The standard InChI is InChI=1S/C13H13BrClN3O/c1-2-19-12-4-3-10(5-9(12)6-15)18-13-11(14)7-16-8-17-13/h3-5,7-8H,2,6H2,1H3,(H,16,17,18). The molecule has 1 heterocycles. The van der Waals surface area contributed by atoms with Gasteiger partial charge < -0.3 is 10.1 Å². The van der Waals surface area contributed by atoms with Crippen LogP contribution in [0.1, 0.15) is 12.5 Å². The fraction of sp³-hybridized carbons (Fsp3) is 0.231. The maximum absolute atomic E-state index is 5.93. The van der Waals surface area contributed by atoms with Crippen LogP contribution in [-0.4, -0.2) is 16.6 Å². The molecule has 4 nitrogen and oxygen atoms in total. The van der Waals surface area contributed by atoms with Gasteiger partial charge in [-0.3, -0.25) is 0 Å². The average Bonchev–Trinajstić information content (AvgIpc) is 2.43. The highest BCUT2D eigenvalue weighted by atomic mass is 79.9. The lowest BCUT2D eigenvalue weighted by atomic mass is 10.2. The number of nitrogens with zero attached hydrogens (tertiary/aromatic N) is 2. The lowest BCUT2D eigenvalue weighted by molar-refractivity contribution is 0.337. The largest absolute Gasteiger partial charge is 0.494 e. The normalized spacial score (nSPS) is 10.3. The fourth-order valence-electron chi connectivity index (χ4n) is 1.60. The summed E-state index contributed by atoms with van der Waals surface area (Å²) < 4.78 is 6.31. The van der Waals surface area contributed by atoms with E-state index in [9.17, 15) is 0 Å². The molecule has 19 heavy (non-hydrogen) atoms. The van der Waals surface area contributed by atoms with Crippen molar-refractivity contribution in [2.75, 3.05) is 11.9 Å². The van der Waals surface area contributed by atoms with E-state index in [1.54, 1.807) is 6.20 Å². The highest BCUT2D eigenvalue weighted by Gasteiger charge is 2.06. The van der Waals surface area contributed by atoms with E-state index in [1.165, 1.54) is 6.33 Å². The quantitative estimate of drug-likeness (QED) is 0.830. The van der Waals surface area contributed by atoms with Crippen molar-refractivity contribution in [1.29, 1.82) is 0 Å². The lowest BCUT2D eigenvalue weighted by Crippen LogP contribution is -1.99. The Morgan fingerprint density at radius 2 is 2.26 bits per heavy atom. The molecule has 6 heteroatoms. The zero-order valence-corrected chi connectivity index (χ0v) is 12.7. The Kier molecular flexibility index (Phi) is 4.99. The number of rotatable bonds is 5. The molecule has 1 aromatic carbocycles. The van der Waals surface area contributed by atoms with Gasteiger partial charge in [-0.2, -0.15) is 0 Å². The van der Waals surface area contributed by atoms with Crippen molar-refractivity contribution >= 4 is 39.0 Å². The monoisotopic (exact) mass is 341 g/mol. The summed E-state index contributed by atoms with van der Waals surface area (Å²) in [6, 6.07) is 5.78. The van der Waals surface area contributed by atoms with Crippen LogP contribution in [0.5, 0.6) is 5.75 Å². The minimum absolute atomic E-state index is 0.399. The second kappa shape index (κ2) is 6.73. The van der Waals surface area contributed by atoms with Gasteiger partial charge in [-0.25, -0.2) is 9.97 Å². The Hall–Kier alpha value is -1.33. The maximum atomic E-state index is 5.93. The molecule has 0 aliphatic rings. The van der Waals surface area contributed by atoms with E-state index < -0.39 is 0 Å². The Morgan fingerprint density at radius 1 is 1.42 bits per heavy atom. The van der Waals surface area contributed by atoms with Gasteiger partial charge in [0.1, 0.15) is 17.9 Å². The molecule has 0 bridgehead atoms. The molecular formula is C13H13BrClN3O. The molecule has 1 aromatic heterocycles. The molecular weight excluding hydrogens is 330 g/mol. The molecule has 1 N–H and O–H groups in total. The number of nitrogens with one attached hydrogen (secondary N) is 1. The summed E-state index contributed by atoms with van der Waals surface area (Å²) in [5.74, 6) is 1.92. The van der Waals surface area contributed by atoms with E-state index in [4.69, 9.17) is 16.3 Å². The number of anilines is 2. The van der Waals surface area contributed by atoms with Gasteiger partial charge in [0.2, 0.25) is 0 Å². The first-order valence-corrected chi connectivity index (χ1v) is 7.11. The van der Waals surface area contributed by atoms with Crippen molar-refractivity contribution in [2.45, 2.75) is 12.8 Å². The minimum atomic E-state index is 0.399. The van der Waals surface area contributed by atoms with Gasteiger partial charge in [0.15, 0.2) is 0 Å². The summed E-state index contributed by atoms with van der Waals surface area (Å²) in [5, 5.41) is 3.20.